The third-order valence-corrected chi connectivity index (χ3v) is 4.48. The van der Waals surface area contributed by atoms with Crippen LogP contribution in [0.15, 0.2) is 48.8 Å². The summed E-state index contributed by atoms with van der Waals surface area (Å²) in [6.45, 7) is 1.76. The molecule has 3 rings (SSSR count). The van der Waals surface area contributed by atoms with Gasteiger partial charge in [0.05, 0.1) is 43.3 Å². The molecule has 1 aromatic heterocycles. The van der Waals surface area contributed by atoms with E-state index in [4.69, 9.17) is 9.47 Å². The molecule has 0 aliphatic carbocycles. The van der Waals surface area contributed by atoms with Gasteiger partial charge < -0.3 is 14.4 Å². The number of carbonyl (C=O) groups is 1. The van der Waals surface area contributed by atoms with Gasteiger partial charge in [0.15, 0.2) is 0 Å². The van der Waals surface area contributed by atoms with Crippen molar-refractivity contribution in [2.24, 2.45) is 0 Å². The van der Waals surface area contributed by atoms with Crippen LogP contribution in [-0.4, -0.2) is 60.0 Å². The summed E-state index contributed by atoms with van der Waals surface area (Å²) < 4.78 is 11.1. The van der Waals surface area contributed by atoms with E-state index in [1.54, 1.807) is 19.4 Å². The molecule has 1 aliphatic rings. The Morgan fingerprint density at radius 2 is 2.04 bits per heavy atom. The largest absolute Gasteiger partial charge is 0.382 e. The number of rotatable bonds is 7. The maximum absolute atomic E-state index is 12.9. The lowest BCUT2D eigenvalue weighted by molar-refractivity contribution is 0.000487. The van der Waals surface area contributed by atoms with E-state index in [9.17, 15) is 4.79 Å². The number of hydrogen-bond acceptors (Lipinski definition) is 5. The van der Waals surface area contributed by atoms with Gasteiger partial charge in [-0.3, -0.25) is 4.79 Å². The van der Waals surface area contributed by atoms with Crippen molar-refractivity contribution in [1.29, 1.82) is 0 Å². The third kappa shape index (κ3) is 4.41. The Bertz CT molecular complexity index is 666. The van der Waals surface area contributed by atoms with E-state index in [0.717, 1.165) is 12.8 Å². The Balaban J connectivity index is 1.77. The van der Waals surface area contributed by atoms with Gasteiger partial charge >= 0.3 is 0 Å². The standard InChI is InChI=1S/C19H23N3O3/c1-24-11-12-25-18-8-10-22(19(23)16-7-9-20-21-14-16)17(18)13-15-5-3-2-4-6-15/h2-7,9,14,17-18H,8,10-13H2,1H3/t17-,18+/m0/s1. The fraction of sp³-hybridized carbons (Fsp3) is 0.421. The number of hydrogen-bond donors (Lipinski definition) is 0. The molecule has 0 spiro atoms. The number of carbonyl (C=O) groups excluding carboxylic acids is 1. The van der Waals surface area contributed by atoms with Crippen molar-refractivity contribution in [3.8, 4) is 0 Å². The van der Waals surface area contributed by atoms with Crippen LogP contribution in [0.1, 0.15) is 22.3 Å². The Morgan fingerprint density at radius 3 is 2.76 bits per heavy atom. The van der Waals surface area contributed by atoms with Crippen molar-refractivity contribution >= 4 is 5.91 Å². The average Bonchev–Trinajstić information content (AvgIpc) is 3.05. The first-order valence-corrected chi connectivity index (χ1v) is 8.51. The van der Waals surface area contributed by atoms with Gasteiger partial charge in [-0.15, -0.1) is 0 Å². The van der Waals surface area contributed by atoms with Crippen LogP contribution in [0.3, 0.4) is 0 Å². The molecular weight excluding hydrogens is 318 g/mol. The quantitative estimate of drug-likeness (QED) is 0.721. The number of benzene rings is 1. The van der Waals surface area contributed by atoms with Crippen molar-refractivity contribution < 1.29 is 14.3 Å². The highest BCUT2D eigenvalue weighted by atomic mass is 16.5. The summed E-state index contributed by atoms with van der Waals surface area (Å²) in [5, 5.41) is 7.57. The Kier molecular flexibility index (Phi) is 6.09. The lowest BCUT2D eigenvalue weighted by Gasteiger charge is -2.28. The molecule has 1 saturated heterocycles. The van der Waals surface area contributed by atoms with Crippen LogP contribution in [0, 0.1) is 0 Å². The summed E-state index contributed by atoms with van der Waals surface area (Å²) in [7, 11) is 1.66. The van der Waals surface area contributed by atoms with Gasteiger partial charge in [-0.25, -0.2) is 0 Å². The van der Waals surface area contributed by atoms with Crippen molar-refractivity contribution in [3.05, 3.63) is 59.9 Å². The van der Waals surface area contributed by atoms with E-state index in [1.165, 1.54) is 11.8 Å². The molecule has 2 aromatic rings. The van der Waals surface area contributed by atoms with Gasteiger partial charge in [0.25, 0.3) is 5.91 Å². The van der Waals surface area contributed by atoms with Crippen LogP contribution in [0.4, 0.5) is 0 Å². The Morgan fingerprint density at radius 1 is 1.20 bits per heavy atom. The second-order valence-corrected chi connectivity index (χ2v) is 6.08. The van der Waals surface area contributed by atoms with Crippen LogP contribution in [0.2, 0.25) is 0 Å². The first-order chi connectivity index (χ1) is 12.3. The second-order valence-electron chi connectivity index (χ2n) is 6.08. The lowest BCUT2D eigenvalue weighted by Crippen LogP contribution is -2.42. The van der Waals surface area contributed by atoms with E-state index >= 15 is 0 Å². The predicted octanol–water partition coefficient (Wildman–Crippen LogP) is 1.97. The number of methoxy groups -OCH3 is 1. The summed E-state index contributed by atoms with van der Waals surface area (Å²) in [4.78, 5) is 14.8. The van der Waals surface area contributed by atoms with E-state index < -0.39 is 0 Å². The lowest BCUT2D eigenvalue weighted by atomic mass is 10.0. The van der Waals surface area contributed by atoms with Gasteiger partial charge in [-0.05, 0) is 24.5 Å². The molecule has 132 valence electrons. The zero-order valence-electron chi connectivity index (χ0n) is 14.4. The Hall–Kier alpha value is -2.31. The van der Waals surface area contributed by atoms with Crippen LogP contribution < -0.4 is 0 Å². The van der Waals surface area contributed by atoms with Crippen molar-refractivity contribution in [2.45, 2.75) is 25.0 Å². The zero-order valence-corrected chi connectivity index (χ0v) is 14.4. The van der Waals surface area contributed by atoms with Gasteiger partial charge in [-0.1, -0.05) is 30.3 Å². The second kappa shape index (κ2) is 8.69. The summed E-state index contributed by atoms with van der Waals surface area (Å²) in [6.07, 6.45) is 4.66. The molecular formula is C19H23N3O3. The maximum atomic E-state index is 12.9. The van der Waals surface area contributed by atoms with E-state index in [2.05, 4.69) is 22.3 Å². The SMILES string of the molecule is COCCO[C@@H]1CCN(C(=O)c2ccnnc2)[C@H]1Cc1ccccc1. The minimum Gasteiger partial charge on any atom is -0.382 e. The summed E-state index contributed by atoms with van der Waals surface area (Å²) in [5.74, 6) is -0.0197. The summed E-state index contributed by atoms with van der Waals surface area (Å²) in [5.41, 5.74) is 1.76. The monoisotopic (exact) mass is 341 g/mol. The minimum absolute atomic E-state index is 0.0000728. The molecule has 25 heavy (non-hydrogen) atoms. The number of ether oxygens (including phenoxy) is 2. The van der Waals surface area contributed by atoms with Gasteiger partial charge in [-0.2, -0.15) is 10.2 Å². The molecule has 1 amide bonds. The summed E-state index contributed by atoms with van der Waals surface area (Å²) >= 11 is 0. The molecule has 1 aliphatic heterocycles. The molecule has 1 fully saturated rings. The first-order valence-electron chi connectivity index (χ1n) is 8.51. The van der Waals surface area contributed by atoms with Gasteiger partial charge in [0.1, 0.15) is 0 Å². The van der Waals surface area contributed by atoms with E-state index in [-0.39, 0.29) is 18.1 Å². The third-order valence-electron chi connectivity index (χ3n) is 4.48. The van der Waals surface area contributed by atoms with Gasteiger partial charge in [0.2, 0.25) is 0 Å². The Labute approximate surface area is 147 Å². The smallest absolute Gasteiger partial charge is 0.255 e. The number of likely N-dealkylation sites (tertiary alicyclic amines) is 1. The average molecular weight is 341 g/mol. The molecule has 2 heterocycles. The van der Waals surface area contributed by atoms with Crippen molar-refractivity contribution in [2.75, 3.05) is 26.9 Å². The van der Waals surface area contributed by atoms with Crippen molar-refractivity contribution in [3.63, 3.8) is 0 Å². The minimum atomic E-state index is -0.0197. The topological polar surface area (TPSA) is 64.6 Å². The van der Waals surface area contributed by atoms with Crippen LogP contribution in [0.5, 0.6) is 0 Å². The van der Waals surface area contributed by atoms with E-state index in [1.807, 2.05) is 23.1 Å². The molecule has 2 atom stereocenters. The van der Waals surface area contributed by atoms with Gasteiger partial charge in [0, 0.05) is 13.7 Å². The van der Waals surface area contributed by atoms with Crippen LogP contribution >= 0.6 is 0 Å². The molecule has 0 N–H and O–H groups in total. The van der Waals surface area contributed by atoms with Crippen LogP contribution in [0.25, 0.3) is 0 Å². The molecule has 1 aromatic carbocycles. The molecule has 0 radical (unpaired) electrons. The molecule has 0 saturated carbocycles. The first kappa shape index (κ1) is 17.5. The normalized spacial score (nSPS) is 20.0. The molecule has 6 nitrogen and oxygen atoms in total. The molecule has 0 bridgehead atoms. The molecule has 6 heteroatoms. The fourth-order valence-corrected chi connectivity index (χ4v) is 3.23. The number of aromatic nitrogens is 2. The predicted molar refractivity (Wildman–Crippen MR) is 93.2 cm³/mol. The highest BCUT2D eigenvalue weighted by molar-refractivity contribution is 5.94. The highest BCUT2D eigenvalue weighted by Gasteiger charge is 2.38. The van der Waals surface area contributed by atoms with E-state index in [0.29, 0.717) is 25.3 Å². The maximum Gasteiger partial charge on any atom is 0.255 e. The number of amides is 1. The fourth-order valence-electron chi connectivity index (χ4n) is 3.23. The molecule has 0 unspecified atom stereocenters. The number of nitrogens with zero attached hydrogens (tertiary/aromatic N) is 3. The van der Waals surface area contributed by atoms with Crippen molar-refractivity contribution in [1.82, 2.24) is 15.1 Å². The zero-order chi connectivity index (χ0) is 17.5. The summed E-state index contributed by atoms with van der Waals surface area (Å²) in [6, 6.07) is 11.9. The highest BCUT2D eigenvalue weighted by Crippen LogP contribution is 2.26. The van der Waals surface area contributed by atoms with Crippen LogP contribution in [-0.2, 0) is 15.9 Å².